The van der Waals surface area contributed by atoms with Crippen LogP contribution in [-0.4, -0.2) is 22.1 Å². The van der Waals surface area contributed by atoms with E-state index in [9.17, 15) is 0 Å². The Kier molecular flexibility index (Phi) is 3.02. The fraction of sp³-hybridized carbons (Fsp3) is 0.125. The van der Waals surface area contributed by atoms with Gasteiger partial charge in [0.15, 0.2) is 4.34 Å². The highest BCUT2D eigenvalue weighted by molar-refractivity contribution is 8.01. The number of nitrogen functional groups attached to an aromatic ring is 1. The minimum absolute atomic E-state index is 0.202. The third-order valence-electron chi connectivity index (χ3n) is 1.51. The molecule has 2 aromatic rings. The predicted octanol–water partition coefficient (Wildman–Crippen LogP) is 1.68. The number of nitrogens with zero attached hydrogens (tertiary/aromatic N) is 3. The van der Waals surface area contributed by atoms with Crippen molar-refractivity contribution >= 4 is 29.0 Å². The van der Waals surface area contributed by atoms with Gasteiger partial charge < -0.3 is 10.5 Å². The number of methoxy groups -OCH3 is 1. The van der Waals surface area contributed by atoms with Crippen molar-refractivity contribution in [3.63, 3.8) is 0 Å². The van der Waals surface area contributed by atoms with E-state index in [0.29, 0.717) is 5.88 Å². The number of anilines is 1. The zero-order valence-corrected chi connectivity index (χ0v) is 9.51. The van der Waals surface area contributed by atoms with Crippen molar-refractivity contribution in [3.8, 4) is 5.88 Å². The van der Waals surface area contributed by atoms with Crippen LogP contribution in [0.15, 0.2) is 27.0 Å². The molecule has 0 aliphatic rings. The van der Waals surface area contributed by atoms with Crippen molar-refractivity contribution in [1.29, 1.82) is 0 Å². The molecule has 78 valence electrons. The van der Waals surface area contributed by atoms with Crippen molar-refractivity contribution < 1.29 is 4.74 Å². The first-order valence-electron chi connectivity index (χ1n) is 4.04. The number of ether oxygens (including phenoxy) is 1. The molecule has 7 heteroatoms. The topological polar surface area (TPSA) is 73.9 Å². The van der Waals surface area contributed by atoms with Crippen molar-refractivity contribution in [1.82, 2.24) is 15.0 Å². The van der Waals surface area contributed by atoms with Crippen molar-refractivity contribution in [2.45, 2.75) is 9.37 Å². The molecule has 0 radical (unpaired) electrons. The van der Waals surface area contributed by atoms with Gasteiger partial charge in [0.2, 0.25) is 11.8 Å². The lowest BCUT2D eigenvalue weighted by molar-refractivity contribution is 0.396. The molecule has 0 bridgehead atoms. The Morgan fingerprint density at radius 2 is 2.33 bits per heavy atom. The largest absolute Gasteiger partial charge is 0.481 e. The minimum atomic E-state index is 0.202. The van der Waals surface area contributed by atoms with E-state index in [2.05, 4.69) is 15.0 Å². The van der Waals surface area contributed by atoms with Crippen LogP contribution in [0, 0.1) is 0 Å². The summed E-state index contributed by atoms with van der Waals surface area (Å²) in [6.45, 7) is 0. The van der Waals surface area contributed by atoms with Gasteiger partial charge in [-0.3, -0.25) is 0 Å². The van der Waals surface area contributed by atoms with Gasteiger partial charge in [0.05, 0.1) is 7.11 Å². The predicted molar refractivity (Wildman–Crippen MR) is 59.2 cm³/mol. The van der Waals surface area contributed by atoms with E-state index in [1.807, 2.05) is 5.38 Å². The standard InChI is InChI=1S/C8H8N4OS2/c1-13-5-4-6(12-7(9)11-5)15-8-10-2-3-14-8/h2-4H,1H3,(H2,9,11,12). The van der Waals surface area contributed by atoms with E-state index < -0.39 is 0 Å². The van der Waals surface area contributed by atoms with Gasteiger partial charge in [0.25, 0.3) is 0 Å². The maximum atomic E-state index is 5.53. The Morgan fingerprint density at radius 3 is 3.00 bits per heavy atom. The van der Waals surface area contributed by atoms with Crippen LogP contribution in [0.25, 0.3) is 0 Å². The Balaban J connectivity index is 2.24. The van der Waals surface area contributed by atoms with E-state index in [0.717, 1.165) is 9.37 Å². The number of hydrogen-bond donors (Lipinski definition) is 1. The Morgan fingerprint density at radius 1 is 1.47 bits per heavy atom. The summed E-state index contributed by atoms with van der Waals surface area (Å²) in [5.41, 5.74) is 5.53. The average Bonchev–Trinajstić information content (AvgIpc) is 2.69. The molecule has 0 aliphatic heterocycles. The zero-order chi connectivity index (χ0) is 10.7. The molecule has 0 saturated heterocycles. The third-order valence-corrected chi connectivity index (χ3v) is 3.31. The number of rotatable bonds is 3. The van der Waals surface area contributed by atoms with Gasteiger partial charge >= 0.3 is 0 Å². The summed E-state index contributed by atoms with van der Waals surface area (Å²) in [6, 6.07) is 1.72. The highest BCUT2D eigenvalue weighted by Gasteiger charge is 2.05. The third kappa shape index (κ3) is 2.57. The monoisotopic (exact) mass is 240 g/mol. The van der Waals surface area contributed by atoms with Crippen molar-refractivity contribution in [2.24, 2.45) is 0 Å². The number of aromatic nitrogens is 3. The summed E-state index contributed by atoms with van der Waals surface area (Å²) in [5, 5.41) is 2.64. The number of thiazole rings is 1. The van der Waals surface area contributed by atoms with Crippen LogP contribution in [0.1, 0.15) is 0 Å². The first kappa shape index (κ1) is 10.2. The fourth-order valence-electron chi connectivity index (χ4n) is 0.928. The van der Waals surface area contributed by atoms with E-state index in [-0.39, 0.29) is 5.95 Å². The van der Waals surface area contributed by atoms with Crippen LogP contribution in [0.5, 0.6) is 5.88 Å². The maximum absolute atomic E-state index is 5.53. The number of hydrogen-bond acceptors (Lipinski definition) is 7. The second kappa shape index (κ2) is 4.45. The molecule has 15 heavy (non-hydrogen) atoms. The van der Waals surface area contributed by atoms with Crippen LogP contribution in [0.4, 0.5) is 5.95 Å². The molecule has 5 nitrogen and oxygen atoms in total. The van der Waals surface area contributed by atoms with Gasteiger partial charge in [-0.1, -0.05) is 0 Å². The van der Waals surface area contributed by atoms with Gasteiger partial charge in [-0.15, -0.1) is 11.3 Å². The van der Waals surface area contributed by atoms with E-state index in [1.165, 1.54) is 11.8 Å². The molecule has 0 fully saturated rings. The molecule has 2 heterocycles. The molecular weight excluding hydrogens is 232 g/mol. The molecule has 2 rings (SSSR count). The highest BCUT2D eigenvalue weighted by Crippen LogP contribution is 2.29. The van der Waals surface area contributed by atoms with Gasteiger partial charge in [-0.25, -0.2) is 9.97 Å². The Labute approximate surface area is 94.7 Å². The lowest BCUT2D eigenvalue weighted by Crippen LogP contribution is -1.98. The molecule has 0 aliphatic carbocycles. The fourth-order valence-corrected chi connectivity index (χ4v) is 2.49. The summed E-state index contributed by atoms with van der Waals surface area (Å²) in [7, 11) is 1.54. The summed E-state index contributed by atoms with van der Waals surface area (Å²) in [4.78, 5) is 12.1. The zero-order valence-electron chi connectivity index (χ0n) is 7.88. The van der Waals surface area contributed by atoms with E-state index >= 15 is 0 Å². The lowest BCUT2D eigenvalue weighted by atomic mass is 10.6. The molecule has 0 amide bonds. The van der Waals surface area contributed by atoms with E-state index in [4.69, 9.17) is 10.5 Å². The lowest BCUT2D eigenvalue weighted by Gasteiger charge is -2.02. The molecule has 2 aromatic heterocycles. The summed E-state index contributed by atoms with van der Waals surface area (Å²) < 4.78 is 5.91. The van der Waals surface area contributed by atoms with Crippen LogP contribution < -0.4 is 10.5 Å². The molecular formula is C8H8N4OS2. The minimum Gasteiger partial charge on any atom is -0.481 e. The second-order valence-electron chi connectivity index (χ2n) is 2.51. The number of nitrogens with two attached hydrogens (primary N) is 1. The Hall–Kier alpha value is -1.34. The van der Waals surface area contributed by atoms with Gasteiger partial charge in [0, 0.05) is 17.6 Å². The quantitative estimate of drug-likeness (QED) is 0.823. The first-order chi connectivity index (χ1) is 7.28. The molecule has 0 atom stereocenters. The molecule has 0 unspecified atom stereocenters. The van der Waals surface area contributed by atoms with Gasteiger partial charge in [-0.05, 0) is 11.8 Å². The van der Waals surface area contributed by atoms with E-state index in [1.54, 1.807) is 30.7 Å². The van der Waals surface area contributed by atoms with Crippen LogP contribution >= 0.6 is 23.1 Å². The normalized spacial score (nSPS) is 10.2. The Bertz CT molecular complexity index is 446. The molecule has 0 aromatic carbocycles. The summed E-state index contributed by atoms with van der Waals surface area (Å²) in [6.07, 6.45) is 1.74. The first-order valence-corrected chi connectivity index (χ1v) is 5.73. The molecule has 2 N–H and O–H groups in total. The maximum Gasteiger partial charge on any atom is 0.224 e. The second-order valence-corrected chi connectivity index (χ2v) is 4.67. The highest BCUT2D eigenvalue weighted by atomic mass is 32.2. The van der Waals surface area contributed by atoms with Crippen molar-refractivity contribution in [3.05, 3.63) is 17.6 Å². The average molecular weight is 240 g/mol. The van der Waals surface area contributed by atoms with Gasteiger partial charge in [-0.2, -0.15) is 4.98 Å². The smallest absolute Gasteiger partial charge is 0.224 e. The SMILES string of the molecule is COc1cc(Sc2nccs2)nc(N)n1. The summed E-state index contributed by atoms with van der Waals surface area (Å²) >= 11 is 2.98. The molecule has 0 spiro atoms. The summed E-state index contributed by atoms with van der Waals surface area (Å²) in [5.74, 6) is 0.662. The van der Waals surface area contributed by atoms with Crippen molar-refractivity contribution in [2.75, 3.05) is 12.8 Å². The van der Waals surface area contributed by atoms with Crippen LogP contribution in [0.3, 0.4) is 0 Å². The van der Waals surface area contributed by atoms with Crippen LogP contribution in [-0.2, 0) is 0 Å². The van der Waals surface area contributed by atoms with Crippen LogP contribution in [0.2, 0.25) is 0 Å². The van der Waals surface area contributed by atoms with Gasteiger partial charge in [0.1, 0.15) is 5.03 Å². The molecule has 0 saturated carbocycles.